The zero-order valence-electron chi connectivity index (χ0n) is 19.5. The van der Waals surface area contributed by atoms with Gasteiger partial charge in [0, 0.05) is 11.8 Å². The van der Waals surface area contributed by atoms with Crippen LogP contribution in [0, 0.1) is 22.7 Å². The van der Waals surface area contributed by atoms with E-state index in [1.165, 1.54) is 17.6 Å². The highest BCUT2D eigenvalue weighted by atomic mass is 32.2. The highest BCUT2D eigenvalue weighted by molar-refractivity contribution is 7.91. The molecule has 1 aromatic carbocycles. The van der Waals surface area contributed by atoms with E-state index in [2.05, 4.69) is 19.9 Å². The summed E-state index contributed by atoms with van der Waals surface area (Å²) < 4.78 is 19.0. The summed E-state index contributed by atoms with van der Waals surface area (Å²) in [6.07, 6.45) is 11.5. The molecule has 0 radical (unpaired) electrons. The van der Waals surface area contributed by atoms with Gasteiger partial charge >= 0.3 is 0 Å². The molecule has 3 nitrogen and oxygen atoms in total. The van der Waals surface area contributed by atoms with Crippen molar-refractivity contribution in [3.63, 3.8) is 0 Å². The van der Waals surface area contributed by atoms with Crippen molar-refractivity contribution in [3.8, 4) is 0 Å². The molecule has 4 aliphatic rings. The molecule has 4 heteroatoms. The number of ether oxygens (including phenoxy) is 1. The molecule has 1 unspecified atom stereocenters. The van der Waals surface area contributed by atoms with Crippen LogP contribution in [0.3, 0.4) is 0 Å². The number of carbonyl (C=O) groups is 1. The van der Waals surface area contributed by atoms with Crippen molar-refractivity contribution in [1.29, 1.82) is 0 Å². The van der Waals surface area contributed by atoms with Crippen LogP contribution in [0.5, 0.6) is 0 Å². The fourth-order valence-electron chi connectivity index (χ4n) is 7.18. The van der Waals surface area contributed by atoms with Crippen LogP contribution in [0.1, 0.15) is 58.8 Å². The molecule has 5 rings (SSSR count). The van der Waals surface area contributed by atoms with E-state index >= 15 is 0 Å². The average molecular weight is 451 g/mol. The van der Waals surface area contributed by atoms with Crippen molar-refractivity contribution >= 4 is 17.0 Å². The highest BCUT2D eigenvalue weighted by Gasteiger charge is 2.55. The molecule has 0 saturated heterocycles. The molecule has 1 aromatic rings. The summed E-state index contributed by atoms with van der Waals surface area (Å²) in [5, 5.41) is 0. The standard InChI is InChI=1S/C28H34O3S/c1-27-15-13-20(29)17-19(27)9-10-22-23-11-12-25(28(23,2)16-14-24(22)27)26(31-3)18-32(30)21-7-5-4-6-8-21/h4-8,14,17,22-23H,9-13,15-16,18H2,1-3H3/t22-,23-,27-,28-,32?/m0/s1. The minimum absolute atomic E-state index is 0.0719. The van der Waals surface area contributed by atoms with E-state index in [1.54, 1.807) is 12.7 Å². The van der Waals surface area contributed by atoms with Crippen LogP contribution in [0.2, 0.25) is 0 Å². The normalized spacial score (nSPS) is 36.3. The van der Waals surface area contributed by atoms with Crippen LogP contribution in [0.15, 0.2) is 69.9 Å². The maximum Gasteiger partial charge on any atom is 0.167 e. The average Bonchev–Trinajstić information content (AvgIpc) is 3.15. The molecule has 32 heavy (non-hydrogen) atoms. The summed E-state index contributed by atoms with van der Waals surface area (Å²) in [6, 6.07) is 9.71. The lowest BCUT2D eigenvalue weighted by Gasteiger charge is -2.52. The molecule has 0 spiro atoms. The Bertz CT molecular complexity index is 1010. The van der Waals surface area contributed by atoms with E-state index in [1.807, 2.05) is 36.4 Å². The van der Waals surface area contributed by atoms with Gasteiger partial charge in [-0.25, -0.2) is 0 Å². The molecule has 4 aliphatic carbocycles. The third-order valence-corrected chi connectivity index (χ3v) is 10.3. The van der Waals surface area contributed by atoms with Crippen molar-refractivity contribution in [2.24, 2.45) is 22.7 Å². The van der Waals surface area contributed by atoms with Gasteiger partial charge in [-0.1, -0.05) is 49.3 Å². The maximum atomic E-state index is 13.0. The summed E-state index contributed by atoms with van der Waals surface area (Å²) in [5.41, 5.74) is 4.49. The van der Waals surface area contributed by atoms with Crippen molar-refractivity contribution in [2.75, 3.05) is 12.9 Å². The fraction of sp³-hybridized carbons (Fsp3) is 0.536. The number of methoxy groups -OCH3 is 1. The van der Waals surface area contributed by atoms with Crippen LogP contribution in [-0.2, 0) is 20.7 Å². The summed E-state index contributed by atoms with van der Waals surface area (Å²) in [5.74, 6) is 2.87. The van der Waals surface area contributed by atoms with Gasteiger partial charge in [0.2, 0.25) is 0 Å². The smallest absolute Gasteiger partial charge is 0.167 e. The van der Waals surface area contributed by atoms with Gasteiger partial charge in [-0.3, -0.25) is 4.79 Å². The zero-order valence-corrected chi connectivity index (χ0v) is 20.3. The number of hydrogen-bond donors (Lipinski definition) is 0. The lowest BCUT2D eigenvalue weighted by Crippen LogP contribution is -2.43. The third kappa shape index (κ3) is 3.42. The number of rotatable bonds is 4. The highest BCUT2D eigenvalue weighted by Crippen LogP contribution is 2.64. The minimum atomic E-state index is -1.10. The SMILES string of the molecule is COC(C[S+]([O-])c1ccccc1)=C1CC[C@H]2[C@@H]3CCC4=CC(=O)CC[C@]4(C)C3=CC[C@]12C. The van der Waals surface area contributed by atoms with Crippen molar-refractivity contribution in [2.45, 2.75) is 63.7 Å². The first-order valence-corrected chi connectivity index (χ1v) is 13.3. The summed E-state index contributed by atoms with van der Waals surface area (Å²) in [7, 11) is 1.74. The number of benzene rings is 1. The van der Waals surface area contributed by atoms with E-state index in [9.17, 15) is 9.35 Å². The van der Waals surface area contributed by atoms with Gasteiger partial charge in [-0.15, -0.1) is 0 Å². The fourth-order valence-corrected chi connectivity index (χ4v) is 8.34. The lowest BCUT2D eigenvalue weighted by atomic mass is 9.51. The summed E-state index contributed by atoms with van der Waals surface area (Å²) >= 11 is -1.10. The van der Waals surface area contributed by atoms with Crippen molar-refractivity contribution in [1.82, 2.24) is 0 Å². The van der Waals surface area contributed by atoms with Gasteiger partial charge in [-0.05, 0) is 90.7 Å². The quantitative estimate of drug-likeness (QED) is 0.314. The second-order valence-corrected chi connectivity index (χ2v) is 11.9. The van der Waals surface area contributed by atoms with Gasteiger partial charge in [0.05, 0.1) is 7.11 Å². The van der Waals surface area contributed by atoms with Crippen molar-refractivity contribution in [3.05, 3.63) is 65.0 Å². The van der Waals surface area contributed by atoms with E-state index in [0.29, 0.717) is 29.8 Å². The third-order valence-electron chi connectivity index (χ3n) is 8.97. The number of ketones is 1. The first kappa shape index (κ1) is 22.0. The Morgan fingerprint density at radius 1 is 1.16 bits per heavy atom. The first-order valence-electron chi connectivity index (χ1n) is 12.0. The zero-order chi connectivity index (χ0) is 22.5. The molecule has 0 heterocycles. The van der Waals surface area contributed by atoms with Crippen LogP contribution >= 0.6 is 0 Å². The van der Waals surface area contributed by atoms with E-state index < -0.39 is 11.2 Å². The van der Waals surface area contributed by atoms with Crippen molar-refractivity contribution < 1.29 is 14.1 Å². The Hall–Kier alpha value is -1.78. The topological polar surface area (TPSA) is 49.4 Å². The van der Waals surface area contributed by atoms with Gasteiger partial charge in [0.1, 0.15) is 5.76 Å². The van der Waals surface area contributed by atoms with E-state index in [-0.39, 0.29) is 10.8 Å². The van der Waals surface area contributed by atoms with Crippen LogP contribution < -0.4 is 0 Å². The van der Waals surface area contributed by atoms with Crippen LogP contribution in [0.4, 0.5) is 0 Å². The second-order valence-electron chi connectivity index (χ2n) is 10.4. The Balaban J connectivity index is 1.46. The Morgan fingerprint density at radius 3 is 2.69 bits per heavy atom. The van der Waals surface area contributed by atoms with Crippen LogP contribution in [0.25, 0.3) is 0 Å². The molecular formula is C28H34O3S. The molecule has 0 N–H and O–H groups in total. The van der Waals surface area contributed by atoms with Gasteiger partial charge in [-0.2, -0.15) is 0 Å². The van der Waals surface area contributed by atoms with E-state index in [4.69, 9.17) is 4.74 Å². The first-order chi connectivity index (χ1) is 15.4. The molecule has 0 aromatic heterocycles. The minimum Gasteiger partial charge on any atom is -0.611 e. The molecule has 0 aliphatic heterocycles. The summed E-state index contributed by atoms with van der Waals surface area (Å²) in [4.78, 5) is 12.9. The molecular weight excluding hydrogens is 416 g/mol. The maximum absolute atomic E-state index is 13.0. The van der Waals surface area contributed by atoms with Crippen LogP contribution in [-0.4, -0.2) is 23.2 Å². The number of allylic oxidation sites excluding steroid dienone is 5. The summed E-state index contributed by atoms with van der Waals surface area (Å²) in [6.45, 7) is 4.79. The lowest BCUT2D eigenvalue weighted by molar-refractivity contribution is -0.115. The number of carbonyl (C=O) groups excluding carboxylic acids is 1. The molecule has 2 saturated carbocycles. The monoisotopic (exact) mass is 450 g/mol. The van der Waals surface area contributed by atoms with Gasteiger partial charge in [0.25, 0.3) is 0 Å². The van der Waals surface area contributed by atoms with Gasteiger partial charge in [0.15, 0.2) is 16.4 Å². The molecule has 170 valence electrons. The number of fused-ring (bicyclic) bond motifs is 5. The Kier molecular flexibility index (Phi) is 5.66. The Morgan fingerprint density at radius 2 is 1.94 bits per heavy atom. The molecule has 0 amide bonds. The molecule has 2 fully saturated rings. The predicted molar refractivity (Wildman–Crippen MR) is 128 cm³/mol. The molecule has 0 bridgehead atoms. The predicted octanol–water partition coefficient (Wildman–Crippen LogP) is 6.15. The van der Waals surface area contributed by atoms with Gasteiger partial charge < -0.3 is 9.29 Å². The largest absolute Gasteiger partial charge is 0.611 e. The Labute approximate surface area is 195 Å². The molecule has 5 atom stereocenters. The second kappa shape index (κ2) is 8.22. The van der Waals surface area contributed by atoms with E-state index in [0.717, 1.165) is 42.8 Å². The number of hydrogen-bond acceptors (Lipinski definition) is 3.